The second kappa shape index (κ2) is 5.79. The van der Waals surface area contributed by atoms with Crippen molar-refractivity contribution in [3.05, 3.63) is 11.9 Å². The van der Waals surface area contributed by atoms with E-state index in [2.05, 4.69) is 21.2 Å². The van der Waals surface area contributed by atoms with Crippen molar-refractivity contribution >= 4 is 5.91 Å². The van der Waals surface area contributed by atoms with Crippen molar-refractivity contribution in [2.75, 3.05) is 13.1 Å². The summed E-state index contributed by atoms with van der Waals surface area (Å²) in [5.41, 5.74) is 7.62. The predicted octanol–water partition coefficient (Wildman–Crippen LogP) is -0.0145. The minimum Gasteiger partial charge on any atom is -0.370 e. The summed E-state index contributed by atoms with van der Waals surface area (Å²) in [6, 6.07) is 0.446. The minimum atomic E-state index is -0.0911. The van der Waals surface area contributed by atoms with Crippen LogP contribution < -0.4 is 10.9 Å². The average Bonchev–Trinajstić information content (AvgIpc) is 3.27. The molecule has 1 aromatic rings. The normalized spacial score (nSPS) is 38.3. The van der Waals surface area contributed by atoms with Crippen molar-refractivity contribution in [1.82, 2.24) is 30.7 Å². The second-order valence-electron chi connectivity index (χ2n) is 7.48. The topological polar surface area (TPSA) is 84.3 Å². The van der Waals surface area contributed by atoms with Crippen molar-refractivity contribution in [3.8, 4) is 0 Å². The highest BCUT2D eigenvalue weighted by atomic mass is 16.5. The molecule has 2 N–H and O–H groups in total. The standard InChI is InChI=1S/C16H24N6O2/c23-16(15-11-3-1-2-4-12(11)18-19-15)21-6-5-14-13(8-21)22-10(9-24-14)7-17-20-22/h7,11-15,18-19H,1-6,8-9H2/t11?,12?,13-,14+,15?/m1/s1. The Morgan fingerprint density at radius 3 is 3.12 bits per heavy atom. The number of amides is 1. The van der Waals surface area contributed by atoms with Gasteiger partial charge in [-0.05, 0) is 19.3 Å². The van der Waals surface area contributed by atoms with Crippen LogP contribution in [0.25, 0.3) is 0 Å². The Morgan fingerprint density at radius 2 is 2.17 bits per heavy atom. The summed E-state index contributed by atoms with van der Waals surface area (Å²) in [5, 5.41) is 8.22. The fourth-order valence-corrected chi connectivity index (χ4v) is 4.86. The number of ether oxygens (including phenoxy) is 1. The fraction of sp³-hybridized carbons (Fsp3) is 0.812. The van der Waals surface area contributed by atoms with E-state index in [1.165, 1.54) is 19.3 Å². The number of rotatable bonds is 1. The average molecular weight is 332 g/mol. The van der Waals surface area contributed by atoms with Gasteiger partial charge in [0.25, 0.3) is 0 Å². The van der Waals surface area contributed by atoms with Crippen LogP contribution in [0.1, 0.15) is 43.8 Å². The number of carbonyl (C=O) groups is 1. The van der Waals surface area contributed by atoms with Crippen LogP contribution in [0.5, 0.6) is 0 Å². The number of likely N-dealkylation sites (tertiary alicyclic amines) is 1. The van der Waals surface area contributed by atoms with Crippen molar-refractivity contribution in [2.45, 2.75) is 62.9 Å². The second-order valence-corrected chi connectivity index (χ2v) is 7.48. The summed E-state index contributed by atoms with van der Waals surface area (Å²) in [7, 11) is 0. The first-order valence-corrected chi connectivity index (χ1v) is 9.12. The highest BCUT2D eigenvalue weighted by Gasteiger charge is 2.45. The van der Waals surface area contributed by atoms with Crippen LogP contribution >= 0.6 is 0 Å². The van der Waals surface area contributed by atoms with Crippen molar-refractivity contribution in [1.29, 1.82) is 0 Å². The molecule has 0 aromatic carbocycles. The van der Waals surface area contributed by atoms with E-state index >= 15 is 0 Å². The number of nitrogens with one attached hydrogen (secondary N) is 2. The summed E-state index contributed by atoms with van der Waals surface area (Å²) in [4.78, 5) is 15.1. The highest BCUT2D eigenvalue weighted by Crippen LogP contribution is 2.33. The van der Waals surface area contributed by atoms with Gasteiger partial charge in [0.05, 0.1) is 30.6 Å². The molecule has 8 heteroatoms. The van der Waals surface area contributed by atoms with E-state index in [4.69, 9.17) is 4.74 Å². The number of piperidine rings is 1. The Labute approximate surface area is 140 Å². The van der Waals surface area contributed by atoms with Gasteiger partial charge in [-0.2, -0.15) is 0 Å². The number of aromatic nitrogens is 3. The van der Waals surface area contributed by atoms with Gasteiger partial charge in [-0.15, -0.1) is 5.10 Å². The molecule has 4 aliphatic rings. The third kappa shape index (κ3) is 2.28. The van der Waals surface area contributed by atoms with E-state index in [1.54, 1.807) is 6.20 Å². The number of hydrazine groups is 1. The molecule has 0 radical (unpaired) electrons. The SMILES string of the molecule is O=C(C1NNC2CCCCC21)N1CC[C@@H]2OCc3cnnn3[C@@H]2C1. The molecule has 2 saturated heterocycles. The van der Waals surface area contributed by atoms with Crippen LogP contribution in [0.4, 0.5) is 0 Å². The molecule has 4 heterocycles. The molecule has 3 fully saturated rings. The van der Waals surface area contributed by atoms with Crippen molar-refractivity contribution in [3.63, 3.8) is 0 Å². The summed E-state index contributed by atoms with van der Waals surface area (Å²) in [6.45, 7) is 2.00. The lowest BCUT2D eigenvalue weighted by atomic mass is 9.81. The predicted molar refractivity (Wildman–Crippen MR) is 84.6 cm³/mol. The van der Waals surface area contributed by atoms with Gasteiger partial charge in [-0.3, -0.25) is 10.2 Å². The monoisotopic (exact) mass is 332 g/mol. The van der Waals surface area contributed by atoms with Crippen molar-refractivity contribution < 1.29 is 9.53 Å². The molecule has 0 bridgehead atoms. The maximum atomic E-state index is 13.1. The molecule has 8 nitrogen and oxygen atoms in total. The summed E-state index contributed by atoms with van der Waals surface area (Å²) in [5.74, 6) is 0.649. The Balaban J connectivity index is 1.33. The molecule has 1 amide bonds. The number of fused-ring (bicyclic) bond motifs is 4. The molecule has 130 valence electrons. The van der Waals surface area contributed by atoms with Gasteiger partial charge < -0.3 is 9.64 Å². The van der Waals surface area contributed by atoms with E-state index in [9.17, 15) is 4.79 Å². The molecule has 24 heavy (non-hydrogen) atoms. The maximum Gasteiger partial charge on any atom is 0.241 e. The van der Waals surface area contributed by atoms with Gasteiger partial charge in [0.1, 0.15) is 6.04 Å². The molecule has 5 atom stereocenters. The van der Waals surface area contributed by atoms with Crippen LogP contribution in [-0.4, -0.2) is 57.1 Å². The van der Waals surface area contributed by atoms with E-state index in [0.717, 1.165) is 25.1 Å². The maximum absolute atomic E-state index is 13.1. The number of hydrogen-bond donors (Lipinski definition) is 2. The first kappa shape index (κ1) is 14.8. The highest BCUT2D eigenvalue weighted by molar-refractivity contribution is 5.82. The van der Waals surface area contributed by atoms with Crippen LogP contribution in [0, 0.1) is 5.92 Å². The quantitative estimate of drug-likeness (QED) is 0.752. The van der Waals surface area contributed by atoms with Gasteiger partial charge >= 0.3 is 0 Å². The first-order valence-electron chi connectivity index (χ1n) is 9.12. The summed E-state index contributed by atoms with van der Waals surface area (Å²) in [6.07, 6.45) is 7.56. The van der Waals surface area contributed by atoms with Gasteiger partial charge in [0, 0.05) is 25.0 Å². The van der Waals surface area contributed by atoms with Crippen molar-refractivity contribution in [2.24, 2.45) is 5.92 Å². The molecule has 3 unspecified atom stereocenters. The lowest BCUT2D eigenvalue weighted by molar-refractivity contribution is -0.141. The Hall–Kier alpha value is -1.51. The van der Waals surface area contributed by atoms with Crippen LogP contribution in [0.2, 0.25) is 0 Å². The molecule has 1 saturated carbocycles. The zero-order valence-corrected chi connectivity index (χ0v) is 13.7. The van der Waals surface area contributed by atoms with Gasteiger partial charge in [-0.25, -0.2) is 10.1 Å². The molecular weight excluding hydrogens is 308 g/mol. The fourth-order valence-electron chi connectivity index (χ4n) is 4.86. The number of nitrogens with zero attached hydrogens (tertiary/aromatic N) is 4. The molecular formula is C16H24N6O2. The third-order valence-electron chi connectivity index (χ3n) is 6.18. The molecule has 1 aliphatic carbocycles. The molecule has 1 aromatic heterocycles. The number of carbonyl (C=O) groups excluding carboxylic acids is 1. The smallest absolute Gasteiger partial charge is 0.241 e. The van der Waals surface area contributed by atoms with Gasteiger partial charge in [-0.1, -0.05) is 18.1 Å². The Kier molecular flexibility index (Phi) is 3.57. The summed E-state index contributed by atoms with van der Waals surface area (Å²) >= 11 is 0. The zero-order valence-electron chi connectivity index (χ0n) is 13.7. The van der Waals surface area contributed by atoms with E-state index in [0.29, 0.717) is 25.1 Å². The Bertz CT molecular complexity index is 634. The lowest BCUT2D eigenvalue weighted by Gasteiger charge is -2.42. The largest absolute Gasteiger partial charge is 0.370 e. The lowest BCUT2D eigenvalue weighted by Crippen LogP contribution is -2.55. The first-order chi connectivity index (χ1) is 11.8. The Morgan fingerprint density at radius 1 is 1.25 bits per heavy atom. The van der Waals surface area contributed by atoms with Gasteiger partial charge in [0.15, 0.2) is 0 Å². The molecule has 0 spiro atoms. The van der Waals surface area contributed by atoms with E-state index in [-0.39, 0.29) is 24.1 Å². The van der Waals surface area contributed by atoms with Crippen LogP contribution in [0.15, 0.2) is 6.20 Å². The minimum absolute atomic E-state index is 0.0884. The molecule has 3 aliphatic heterocycles. The zero-order chi connectivity index (χ0) is 16.1. The van der Waals surface area contributed by atoms with Gasteiger partial charge in [0.2, 0.25) is 5.91 Å². The van der Waals surface area contributed by atoms with E-state index < -0.39 is 0 Å². The summed E-state index contributed by atoms with van der Waals surface area (Å²) < 4.78 is 7.90. The number of hydrogen-bond acceptors (Lipinski definition) is 6. The van der Waals surface area contributed by atoms with Crippen LogP contribution in [0.3, 0.4) is 0 Å². The van der Waals surface area contributed by atoms with Crippen LogP contribution in [-0.2, 0) is 16.1 Å². The molecule has 5 rings (SSSR count). The van der Waals surface area contributed by atoms with E-state index in [1.807, 2.05) is 9.58 Å². The third-order valence-corrected chi connectivity index (χ3v) is 6.18.